The van der Waals surface area contributed by atoms with Crippen molar-refractivity contribution in [3.8, 4) is 0 Å². The number of primary sulfonamides is 1. The molecule has 1 aromatic heterocycles. The predicted molar refractivity (Wildman–Crippen MR) is 81.3 cm³/mol. The van der Waals surface area contributed by atoms with E-state index in [4.69, 9.17) is 5.14 Å². The smallest absolute Gasteiger partial charge is 0.238 e. The normalized spacial score (nSPS) is 11.1. The molecule has 0 aliphatic rings. The number of hydrogen-bond donors (Lipinski definition) is 3. The first-order valence-electron chi connectivity index (χ1n) is 6.40. The largest absolute Gasteiger partial charge is 0.370 e. The summed E-state index contributed by atoms with van der Waals surface area (Å²) >= 11 is 0. The van der Waals surface area contributed by atoms with Crippen LogP contribution in [0.5, 0.6) is 0 Å². The number of nitrogens with one attached hydrogen (secondary N) is 2. The fourth-order valence-corrected chi connectivity index (χ4v) is 2.34. The van der Waals surface area contributed by atoms with Crippen LogP contribution >= 0.6 is 0 Å². The van der Waals surface area contributed by atoms with Crippen molar-refractivity contribution in [1.29, 1.82) is 0 Å². The van der Waals surface area contributed by atoms with Gasteiger partial charge in [0.2, 0.25) is 10.0 Å². The van der Waals surface area contributed by atoms with E-state index in [-0.39, 0.29) is 4.90 Å². The number of nitrogens with zero attached hydrogens (tertiary/aromatic N) is 2. The number of rotatable bonds is 6. The molecule has 0 spiro atoms. The zero-order chi connectivity index (χ0) is 15.3. The first-order valence-corrected chi connectivity index (χ1v) is 7.95. The van der Waals surface area contributed by atoms with E-state index >= 15 is 0 Å². The number of nitrogens with two attached hydrogens (primary N) is 1. The zero-order valence-corrected chi connectivity index (χ0v) is 12.4. The van der Waals surface area contributed by atoms with Gasteiger partial charge in [-0.25, -0.2) is 23.5 Å². The van der Waals surface area contributed by atoms with Gasteiger partial charge < -0.3 is 10.6 Å². The van der Waals surface area contributed by atoms with Crippen molar-refractivity contribution in [2.45, 2.75) is 18.4 Å². The lowest BCUT2D eigenvalue weighted by Gasteiger charge is -2.08. The molecule has 4 N–H and O–H groups in total. The minimum absolute atomic E-state index is 0.0952. The van der Waals surface area contributed by atoms with Crippen LogP contribution in [0, 0.1) is 0 Å². The van der Waals surface area contributed by atoms with Crippen LogP contribution in [0.4, 0.5) is 11.6 Å². The van der Waals surface area contributed by atoms with E-state index in [1.165, 1.54) is 18.5 Å². The third kappa shape index (κ3) is 4.40. The summed E-state index contributed by atoms with van der Waals surface area (Å²) in [6, 6.07) is 8.25. The number of benzene rings is 1. The van der Waals surface area contributed by atoms with Crippen molar-refractivity contribution in [2.24, 2.45) is 5.14 Å². The minimum atomic E-state index is -3.69. The Hall–Kier alpha value is -2.19. The van der Waals surface area contributed by atoms with E-state index in [1.807, 2.05) is 13.0 Å². The summed E-state index contributed by atoms with van der Waals surface area (Å²) in [7, 11) is -3.69. The molecule has 0 fully saturated rings. The van der Waals surface area contributed by atoms with Gasteiger partial charge in [-0.15, -0.1) is 0 Å². The Labute approximate surface area is 123 Å². The molecule has 0 aliphatic carbocycles. The monoisotopic (exact) mass is 307 g/mol. The Morgan fingerprint density at radius 3 is 2.52 bits per heavy atom. The molecule has 0 aliphatic heterocycles. The van der Waals surface area contributed by atoms with Gasteiger partial charge in [-0.2, -0.15) is 0 Å². The summed E-state index contributed by atoms with van der Waals surface area (Å²) in [5.74, 6) is 1.38. The molecule has 0 amide bonds. The average Bonchev–Trinajstić information content (AvgIpc) is 2.45. The molecule has 8 heteroatoms. The van der Waals surface area contributed by atoms with Gasteiger partial charge in [0.25, 0.3) is 0 Å². The summed E-state index contributed by atoms with van der Waals surface area (Å²) in [5.41, 5.74) is 0.796. The van der Waals surface area contributed by atoms with E-state index in [9.17, 15) is 8.42 Å². The molecule has 0 atom stereocenters. The number of anilines is 2. The molecule has 2 aromatic rings. The van der Waals surface area contributed by atoms with Crippen molar-refractivity contribution in [1.82, 2.24) is 9.97 Å². The number of sulfonamides is 1. The Morgan fingerprint density at radius 2 is 1.86 bits per heavy atom. The molecule has 21 heavy (non-hydrogen) atoms. The molecular formula is C13H17N5O2S. The second kappa shape index (κ2) is 6.51. The highest BCUT2D eigenvalue weighted by molar-refractivity contribution is 7.89. The van der Waals surface area contributed by atoms with Crippen LogP contribution < -0.4 is 15.8 Å². The highest BCUT2D eigenvalue weighted by Gasteiger charge is 2.07. The molecule has 0 saturated heterocycles. The van der Waals surface area contributed by atoms with Crippen LogP contribution in [0.3, 0.4) is 0 Å². The van der Waals surface area contributed by atoms with Gasteiger partial charge in [0.1, 0.15) is 18.0 Å². The molecular weight excluding hydrogens is 290 g/mol. The van der Waals surface area contributed by atoms with Crippen LogP contribution in [0.25, 0.3) is 0 Å². The highest BCUT2D eigenvalue weighted by atomic mass is 32.2. The Kier molecular flexibility index (Phi) is 4.71. The molecule has 0 radical (unpaired) electrons. The fraction of sp³-hybridized carbons (Fsp3) is 0.231. The first kappa shape index (κ1) is 15.2. The lowest BCUT2D eigenvalue weighted by molar-refractivity contribution is 0.597. The van der Waals surface area contributed by atoms with Crippen LogP contribution in [0.2, 0.25) is 0 Å². The molecule has 1 heterocycles. The van der Waals surface area contributed by atoms with Crippen molar-refractivity contribution in [2.75, 3.05) is 17.2 Å². The maximum atomic E-state index is 11.3. The average molecular weight is 307 g/mol. The fourth-order valence-electron chi connectivity index (χ4n) is 1.76. The van der Waals surface area contributed by atoms with Gasteiger partial charge in [-0.3, -0.25) is 0 Å². The first-order chi connectivity index (χ1) is 9.99. The van der Waals surface area contributed by atoms with E-state index in [1.54, 1.807) is 12.1 Å². The number of aromatic nitrogens is 2. The quantitative estimate of drug-likeness (QED) is 0.739. The number of hydrogen-bond acceptors (Lipinski definition) is 6. The SMILES string of the molecule is CCNc1cc(NCc2cccc(S(N)(=O)=O)c2)ncn1. The van der Waals surface area contributed by atoms with Crippen LogP contribution in [0.15, 0.2) is 41.6 Å². The second-order valence-corrected chi connectivity index (χ2v) is 5.93. The predicted octanol–water partition coefficient (Wildman–Crippen LogP) is 1.17. The Bertz CT molecular complexity index is 718. The standard InChI is InChI=1S/C13H17N5O2S/c1-2-15-12-7-13(18-9-17-12)16-8-10-4-3-5-11(6-10)21(14,19)20/h3-7,9H,2,8H2,1H3,(H2,14,19,20)(H2,15,16,17,18). The third-order valence-electron chi connectivity index (χ3n) is 2.73. The van der Waals surface area contributed by atoms with Gasteiger partial charge in [0.05, 0.1) is 4.90 Å². The van der Waals surface area contributed by atoms with Gasteiger partial charge in [0.15, 0.2) is 0 Å². The van der Waals surface area contributed by atoms with Crippen LogP contribution in [-0.2, 0) is 16.6 Å². The molecule has 0 bridgehead atoms. The van der Waals surface area contributed by atoms with Crippen LogP contribution in [-0.4, -0.2) is 24.9 Å². The van der Waals surface area contributed by atoms with E-state index in [0.717, 1.165) is 17.9 Å². The van der Waals surface area contributed by atoms with Crippen molar-refractivity contribution in [3.63, 3.8) is 0 Å². The van der Waals surface area contributed by atoms with Gasteiger partial charge in [-0.1, -0.05) is 12.1 Å². The van der Waals surface area contributed by atoms with Crippen molar-refractivity contribution >= 4 is 21.7 Å². The maximum absolute atomic E-state index is 11.3. The molecule has 2 rings (SSSR count). The second-order valence-electron chi connectivity index (χ2n) is 4.36. The lowest BCUT2D eigenvalue weighted by Crippen LogP contribution is -2.12. The minimum Gasteiger partial charge on any atom is -0.370 e. The topological polar surface area (TPSA) is 110 Å². The van der Waals surface area contributed by atoms with Crippen molar-refractivity contribution in [3.05, 3.63) is 42.2 Å². The Morgan fingerprint density at radius 1 is 1.14 bits per heavy atom. The summed E-state index contributed by atoms with van der Waals surface area (Å²) in [6.07, 6.45) is 1.46. The summed E-state index contributed by atoms with van der Waals surface area (Å²) in [5, 5.41) is 11.3. The van der Waals surface area contributed by atoms with Gasteiger partial charge >= 0.3 is 0 Å². The third-order valence-corrected chi connectivity index (χ3v) is 3.64. The summed E-state index contributed by atoms with van der Waals surface area (Å²) in [4.78, 5) is 8.27. The molecule has 1 aromatic carbocycles. The lowest BCUT2D eigenvalue weighted by atomic mass is 10.2. The van der Waals surface area contributed by atoms with Gasteiger partial charge in [-0.05, 0) is 24.6 Å². The summed E-state index contributed by atoms with van der Waals surface area (Å²) < 4.78 is 22.6. The maximum Gasteiger partial charge on any atom is 0.238 e. The molecule has 0 unspecified atom stereocenters. The highest BCUT2D eigenvalue weighted by Crippen LogP contribution is 2.13. The van der Waals surface area contributed by atoms with E-state index < -0.39 is 10.0 Å². The van der Waals surface area contributed by atoms with E-state index in [2.05, 4.69) is 20.6 Å². The molecule has 7 nitrogen and oxygen atoms in total. The van der Waals surface area contributed by atoms with Crippen molar-refractivity contribution < 1.29 is 8.42 Å². The molecule has 112 valence electrons. The van der Waals surface area contributed by atoms with Crippen LogP contribution in [0.1, 0.15) is 12.5 Å². The Balaban J connectivity index is 2.08. The van der Waals surface area contributed by atoms with Gasteiger partial charge in [0, 0.05) is 19.2 Å². The summed E-state index contributed by atoms with van der Waals surface area (Å²) in [6.45, 7) is 3.19. The van der Waals surface area contributed by atoms with E-state index in [0.29, 0.717) is 12.4 Å². The molecule has 0 saturated carbocycles. The zero-order valence-electron chi connectivity index (χ0n) is 11.6.